The van der Waals surface area contributed by atoms with Gasteiger partial charge in [-0.3, -0.25) is 0 Å². The summed E-state index contributed by atoms with van der Waals surface area (Å²) in [6.45, 7) is 9.56. The van der Waals surface area contributed by atoms with Gasteiger partial charge in [-0.25, -0.2) is 4.79 Å². The molecule has 0 aliphatic heterocycles. The first-order valence-electron chi connectivity index (χ1n) is 7.92. The van der Waals surface area contributed by atoms with Crippen LogP contribution in [0, 0.1) is 13.8 Å². The first-order chi connectivity index (χ1) is 12.1. The normalized spacial score (nSPS) is 11.0. The molecule has 1 aromatic carbocycles. The van der Waals surface area contributed by atoms with Crippen molar-refractivity contribution in [3.63, 3.8) is 0 Å². The van der Waals surface area contributed by atoms with Crippen LogP contribution in [0.5, 0.6) is 0 Å². The van der Waals surface area contributed by atoms with Gasteiger partial charge in [0.1, 0.15) is 13.3 Å². The predicted molar refractivity (Wildman–Crippen MR) is 100 cm³/mol. The molecule has 0 aliphatic rings. The number of para-hydroxylation sites is 1. The van der Waals surface area contributed by atoms with Crippen LogP contribution in [0.2, 0.25) is 0 Å². The molecule has 0 aliphatic carbocycles. The molecular weight excluding hydrogens is 360 g/mol. The van der Waals surface area contributed by atoms with E-state index >= 15 is 0 Å². The molecule has 0 bridgehead atoms. The summed E-state index contributed by atoms with van der Waals surface area (Å²) >= 11 is 0. The van der Waals surface area contributed by atoms with E-state index in [2.05, 4.69) is 10.8 Å². The van der Waals surface area contributed by atoms with Gasteiger partial charge < -0.3 is 19.8 Å². The second kappa shape index (κ2) is 11.6. The minimum absolute atomic E-state index is 0.173. The van der Waals surface area contributed by atoms with Crippen molar-refractivity contribution in [3.05, 3.63) is 42.0 Å². The number of anilines is 1. The van der Waals surface area contributed by atoms with E-state index in [1.54, 1.807) is 13.8 Å². The first kappa shape index (κ1) is 24.1. The number of hydrogen-bond acceptors (Lipinski definition) is 7. The van der Waals surface area contributed by atoms with Crippen molar-refractivity contribution >= 4 is 22.0 Å². The molecule has 0 radical (unpaired) electrons. The topological polar surface area (TPSA) is 119 Å². The van der Waals surface area contributed by atoms with Crippen molar-refractivity contribution < 1.29 is 27.2 Å². The predicted octanol–water partition coefficient (Wildman–Crippen LogP) is 1.52. The Bertz CT molecular complexity index is 668. The number of ether oxygens (including phenoxy) is 1. The third kappa shape index (κ3) is 8.43. The van der Waals surface area contributed by atoms with Crippen LogP contribution in [0.1, 0.15) is 25.0 Å². The van der Waals surface area contributed by atoms with E-state index in [9.17, 15) is 13.2 Å². The fraction of sp³-hybridized carbons (Fsp3) is 0.471. The minimum Gasteiger partial charge on any atom is -0.398 e. The van der Waals surface area contributed by atoms with Gasteiger partial charge in [0.2, 0.25) is 0 Å². The summed E-state index contributed by atoms with van der Waals surface area (Å²) < 4.78 is 33.2. The highest BCUT2D eigenvalue weighted by molar-refractivity contribution is 7.84. The van der Waals surface area contributed by atoms with Crippen LogP contribution in [0.4, 0.5) is 5.69 Å². The molecule has 0 saturated carbocycles. The number of benzene rings is 1. The zero-order valence-corrected chi connectivity index (χ0v) is 16.5. The van der Waals surface area contributed by atoms with Crippen molar-refractivity contribution in [2.45, 2.75) is 33.7 Å². The zero-order valence-electron chi connectivity index (χ0n) is 15.6. The van der Waals surface area contributed by atoms with E-state index in [0.29, 0.717) is 0 Å². The Kier molecular flexibility index (Phi) is 10.8. The molecule has 8 nitrogen and oxygen atoms in total. The lowest BCUT2D eigenvalue weighted by molar-refractivity contribution is -0.137. The van der Waals surface area contributed by atoms with Crippen molar-refractivity contribution in [1.82, 2.24) is 4.31 Å². The van der Waals surface area contributed by atoms with Crippen LogP contribution in [0.25, 0.3) is 0 Å². The number of rotatable bonds is 8. The summed E-state index contributed by atoms with van der Waals surface area (Å²) in [4.78, 5) is 10.7. The molecule has 1 rings (SSSR count). The number of nitrogens with zero attached hydrogens (tertiary/aromatic N) is 1. The van der Waals surface area contributed by atoms with E-state index < -0.39 is 28.9 Å². The van der Waals surface area contributed by atoms with Gasteiger partial charge in [-0.2, -0.15) is 8.42 Å². The van der Waals surface area contributed by atoms with Gasteiger partial charge >= 0.3 is 16.3 Å². The Balaban J connectivity index is 0.000000577. The van der Waals surface area contributed by atoms with Crippen molar-refractivity contribution in [2.24, 2.45) is 0 Å². The third-order valence-corrected chi connectivity index (χ3v) is 4.68. The largest absolute Gasteiger partial charge is 0.398 e. The standard InChI is InChI=1S/C9H17NO6S.C8H11N/c1-4-5-15-7-10(8(2)3)17(13,14)16-9(12)6-11;1-6-4-3-5-7(2)8(6)9/h4,8,11H,1,5-7H2,2-3H3;3-5H,9H2,1-2H3. The van der Waals surface area contributed by atoms with Crippen LogP contribution in [-0.2, 0) is 24.0 Å². The highest BCUT2D eigenvalue weighted by atomic mass is 32.2. The van der Waals surface area contributed by atoms with Crippen molar-refractivity contribution in [3.8, 4) is 0 Å². The lowest BCUT2D eigenvalue weighted by Crippen LogP contribution is -2.41. The van der Waals surface area contributed by atoms with E-state index in [1.807, 2.05) is 32.0 Å². The van der Waals surface area contributed by atoms with E-state index in [1.165, 1.54) is 6.08 Å². The zero-order chi connectivity index (χ0) is 20.3. The monoisotopic (exact) mass is 388 g/mol. The highest BCUT2D eigenvalue weighted by Crippen LogP contribution is 2.14. The molecule has 0 spiro atoms. The second-order valence-electron chi connectivity index (χ2n) is 5.65. The summed E-state index contributed by atoms with van der Waals surface area (Å²) in [6, 6.07) is 5.60. The molecule has 9 heteroatoms. The van der Waals surface area contributed by atoms with Gasteiger partial charge in [-0.1, -0.05) is 24.3 Å². The molecule has 148 valence electrons. The molecule has 0 saturated heterocycles. The number of carbonyl (C=O) groups excluding carboxylic acids is 1. The van der Waals surface area contributed by atoms with Gasteiger partial charge in [0, 0.05) is 11.7 Å². The van der Waals surface area contributed by atoms with Crippen LogP contribution in [-0.4, -0.2) is 49.8 Å². The molecule has 0 amide bonds. The van der Waals surface area contributed by atoms with Crippen molar-refractivity contribution in [2.75, 3.05) is 25.7 Å². The number of aliphatic hydroxyl groups excluding tert-OH is 1. The highest BCUT2D eigenvalue weighted by Gasteiger charge is 2.28. The van der Waals surface area contributed by atoms with Crippen LogP contribution < -0.4 is 5.73 Å². The fourth-order valence-electron chi connectivity index (χ4n) is 1.72. The molecule has 0 aromatic heterocycles. The molecule has 0 heterocycles. The maximum absolute atomic E-state index is 11.6. The number of aliphatic hydroxyl groups is 1. The summed E-state index contributed by atoms with van der Waals surface area (Å²) in [7, 11) is -4.25. The third-order valence-electron chi connectivity index (χ3n) is 3.19. The Morgan fingerprint density at radius 3 is 2.27 bits per heavy atom. The number of carbonyl (C=O) groups is 1. The average molecular weight is 388 g/mol. The number of hydrogen-bond donors (Lipinski definition) is 2. The Morgan fingerprint density at radius 2 is 1.88 bits per heavy atom. The molecule has 26 heavy (non-hydrogen) atoms. The Morgan fingerprint density at radius 1 is 1.35 bits per heavy atom. The summed E-state index contributed by atoms with van der Waals surface area (Å²) in [5.74, 6) is -1.24. The molecule has 0 unspecified atom stereocenters. The Labute approximate surface area is 155 Å². The molecule has 1 aromatic rings. The quantitative estimate of drug-likeness (QED) is 0.300. The molecule has 0 fully saturated rings. The van der Waals surface area contributed by atoms with E-state index in [-0.39, 0.29) is 13.3 Å². The maximum atomic E-state index is 11.6. The van der Waals surface area contributed by atoms with Crippen LogP contribution >= 0.6 is 0 Å². The number of aryl methyl sites for hydroxylation is 2. The lowest BCUT2D eigenvalue weighted by atomic mass is 10.1. The molecule has 3 N–H and O–H groups in total. The Hall–Kier alpha value is -1.94. The second-order valence-corrected chi connectivity index (χ2v) is 7.14. The average Bonchev–Trinajstić information content (AvgIpc) is 2.56. The summed E-state index contributed by atoms with van der Waals surface area (Å²) in [6.07, 6.45) is 1.46. The smallest absolute Gasteiger partial charge is 0.389 e. The lowest BCUT2D eigenvalue weighted by Gasteiger charge is -2.23. The van der Waals surface area contributed by atoms with E-state index in [0.717, 1.165) is 21.1 Å². The van der Waals surface area contributed by atoms with Gasteiger partial charge in [-0.05, 0) is 38.8 Å². The number of nitrogens with two attached hydrogens (primary N) is 1. The molecule has 0 atom stereocenters. The van der Waals surface area contributed by atoms with Crippen molar-refractivity contribution in [1.29, 1.82) is 0 Å². The molecular formula is C17H28N2O6S. The maximum Gasteiger partial charge on any atom is 0.389 e. The van der Waals surface area contributed by atoms with Gasteiger partial charge in [-0.15, -0.1) is 10.9 Å². The first-order valence-corrected chi connectivity index (χ1v) is 9.28. The number of nitrogen functional groups attached to an aromatic ring is 1. The van der Waals surface area contributed by atoms with Crippen LogP contribution in [0.3, 0.4) is 0 Å². The van der Waals surface area contributed by atoms with E-state index in [4.69, 9.17) is 15.6 Å². The summed E-state index contributed by atoms with van der Waals surface area (Å²) in [5, 5.41) is 8.43. The van der Waals surface area contributed by atoms with Gasteiger partial charge in [0.15, 0.2) is 0 Å². The van der Waals surface area contributed by atoms with Gasteiger partial charge in [0.05, 0.1) is 6.61 Å². The minimum atomic E-state index is -4.25. The fourth-order valence-corrected chi connectivity index (χ4v) is 2.82. The SMILES string of the molecule is C=CCOCN(C(C)C)S(=O)(=O)OC(=O)CO.Cc1cccc(C)c1N. The summed E-state index contributed by atoms with van der Waals surface area (Å²) in [5.41, 5.74) is 8.92. The van der Waals surface area contributed by atoms with Gasteiger partial charge in [0.25, 0.3) is 0 Å². The van der Waals surface area contributed by atoms with Crippen LogP contribution in [0.15, 0.2) is 30.9 Å².